The molecule has 25 heavy (non-hydrogen) atoms. The lowest BCUT2D eigenvalue weighted by atomic mass is 10.1. The number of hydrogen-bond acceptors (Lipinski definition) is 4. The van der Waals surface area contributed by atoms with E-state index in [9.17, 15) is 4.79 Å². The first-order valence-corrected chi connectivity index (χ1v) is 8.63. The highest BCUT2D eigenvalue weighted by molar-refractivity contribution is 5.92. The van der Waals surface area contributed by atoms with Gasteiger partial charge in [0.2, 0.25) is 0 Å². The molecule has 130 valence electrons. The maximum atomic E-state index is 12.4. The number of aromatic nitrogens is 3. The van der Waals surface area contributed by atoms with Crippen molar-refractivity contribution in [3.8, 4) is 0 Å². The summed E-state index contributed by atoms with van der Waals surface area (Å²) in [6.45, 7) is 6.00. The molecule has 0 atom stereocenters. The number of nitrogens with one attached hydrogen (secondary N) is 2. The third-order valence-corrected chi connectivity index (χ3v) is 4.31. The van der Waals surface area contributed by atoms with Crippen LogP contribution in [0.2, 0.25) is 0 Å². The van der Waals surface area contributed by atoms with Crippen LogP contribution in [-0.2, 0) is 6.42 Å². The first kappa shape index (κ1) is 17.0. The van der Waals surface area contributed by atoms with Gasteiger partial charge in [-0.2, -0.15) is 0 Å². The zero-order valence-corrected chi connectivity index (χ0v) is 14.6. The number of nitrogens with zero attached hydrogens (tertiary/aromatic N) is 3. The van der Waals surface area contributed by atoms with Gasteiger partial charge in [0.1, 0.15) is 17.8 Å². The van der Waals surface area contributed by atoms with Crippen molar-refractivity contribution in [1.29, 1.82) is 0 Å². The van der Waals surface area contributed by atoms with Crippen molar-refractivity contribution in [2.24, 2.45) is 0 Å². The van der Waals surface area contributed by atoms with E-state index in [1.165, 1.54) is 17.3 Å². The number of amides is 1. The number of fused-ring (bicyclic) bond motifs is 1. The monoisotopic (exact) mass is 337 g/mol. The number of benzene rings is 1. The Morgan fingerprint density at radius 3 is 2.80 bits per heavy atom. The number of H-pyrrole nitrogens is 1. The zero-order chi connectivity index (χ0) is 17.6. The zero-order valence-electron chi connectivity index (χ0n) is 14.6. The van der Waals surface area contributed by atoms with Crippen LogP contribution >= 0.6 is 0 Å². The highest BCUT2D eigenvalue weighted by Crippen LogP contribution is 2.18. The molecule has 2 heterocycles. The van der Waals surface area contributed by atoms with E-state index >= 15 is 0 Å². The van der Waals surface area contributed by atoms with Crippen molar-refractivity contribution in [1.82, 2.24) is 19.9 Å². The van der Waals surface area contributed by atoms with Crippen molar-refractivity contribution >= 4 is 22.6 Å². The number of carbonyl (C=O) groups excluding carboxylic acids is 1. The van der Waals surface area contributed by atoms with Crippen LogP contribution in [0.5, 0.6) is 0 Å². The second-order valence-electron chi connectivity index (χ2n) is 5.80. The molecule has 6 heteroatoms. The Kier molecular flexibility index (Phi) is 5.28. The van der Waals surface area contributed by atoms with Crippen molar-refractivity contribution in [3.63, 3.8) is 0 Å². The second-order valence-corrected chi connectivity index (χ2v) is 5.80. The van der Waals surface area contributed by atoms with Gasteiger partial charge >= 0.3 is 0 Å². The molecule has 3 aromatic rings. The van der Waals surface area contributed by atoms with E-state index < -0.39 is 0 Å². The summed E-state index contributed by atoms with van der Waals surface area (Å²) in [7, 11) is 0. The Labute approximate surface area is 147 Å². The van der Waals surface area contributed by atoms with E-state index in [1.807, 2.05) is 32.2 Å². The van der Waals surface area contributed by atoms with Crippen molar-refractivity contribution in [2.45, 2.75) is 20.3 Å². The molecule has 0 saturated carbocycles. The van der Waals surface area contributed by atoms with Crippen LogP contribution in [0.15, 0.2) is 42.9 Å². The van der Waals surface area contributed by atoms with E-state index in [0.29, 0.717) is 24.6 Å². The van der Waals surface area contributed by atoms with Crippen molar-refractivity contribution in [3.05, 3.63) is 54.1 Å². The number of rotatable bonds is 7. The maximum Gasteiger partial charge on any atom is 0.272 e. The largest absolute Gasteiger partial charge is 0.370 e. The predicted molar refractivity (Wildman–Crippen MR) is 99.8 cm³/mol. The molecule has 0 unspecified atom stereocenters. The van der Waals surface area contributed by atoms with Gasteiger partial charge in [0, 0.05) is 42.8 Å². The molecule has 6 nitrogen and oxygen atoms in total. The van der Waals surface area contributed by atoms with Gasteiger partial charge in [-0.3, -0.25) is 4.79 Å². The molecule has 1 amide bonds. The molecule has 2 aromatic heterocycles. The van der Waals surface area contributed by atoms with E-state index in [2.05, 4.69) is 32.4 Å². The highest BCUT2D eigenvalue weighted by atomic mass is 16.2. The lowest BCUT2D eigenvalue weighted by Crippen LogP contribution is -2.31. The Hall–Kier alpha value is -2.89. The predicted octanol–water partition coefficient (Wildman–Crippen LogP) is 3.09. The van der Waals surface area contributed by atoms with E-state index in [4.69, 9.17) is 0 Å². The minimum atomic E-state index is -0.0629. The Morgan fingerprint density at radius 2 is 2.00 bits per heavy atom. The van der Waals surface area contributed by atoms with Crippen LogP contribution < -0.4 is 5.32 Å². The molecule has 3 rings (SSSR count). The second kappa shape index (κ2) is 7.79. The average molecular weight is 337 g/mol. The molecular weight excluding hydrogens is 314 g/mol. The summed E-state index contributed by atoms with van der Waals surface area (Å²) in [4.78, 5) is 25.7. The number of carbonyl (C=O) groups is 1. The molecule has 0 saturated heterocycles. The molecule has 0 spiro atoms. The van der Waals surface area contributed by atoms with Gasteiger partial charge in [-0.25, -0.2) is 9.97 Å². The summed E-state index contributed by atoms with van der Waals surface area (Å²) in [6, 6.07) is 9.98. The van der Waals surface area contributed by atoms with Crippen LogP contribution in [0.4, 0.5) is 5.82 Å². The molecule has 0 fully saturated rings. The fourth-order valence-corrected chi connectivity index (χ4v) is 2.91. The van der Waals surface area contributed by atoms with E-state index in [1.54, 1.807) is 11.0 Å². The summed E-state index contributed by atoms with van der Waals surface area (Å²) in [5.41, 5.74) is 2.83. The first-order chi connectivity index (χ1) is 12.2. The van der Waals surface area contributed by atoms with Gasteiger partial charge in [-0.05, 0) is 31.9 Å². The smallest absolute Gasteiger partial charge is 0.272 e. The minimum Gasteiger partial charge on any atom is -0.370 e. The summed E-state index contributed by atoms with van der Waals surface area (Å²) >= 11 is 0. The SMILES string of the molecule is CCN(CC)C(=O)c1cc(NCCc2c[nH]c3ccccc23)ncn1. The fraction of sp³-hybridized carbons (Fsp3) is 0.316. The fourth-order valence-electron chi connectivity index (χ4n) is 2.91. The summed E-state index contributed by atoms with van der Waals surface area (Å²) in [5.74, 6) is 0.609. The quantitative estimate of drug-likeness (QED) is 0.695. The summed E-state index contributed by atoms with van der Waals surface area (Å²) < 4.78 is 0. The summed E-state index contributed by atoms with van der Waals surface area (Å²) in [6.07, 6.45) is 4.35. The number of anilines is 1. The molecule has 0 aliphatic rings. The third kappa shape index (κ3) is 3.79. The molecule has 2 N–H and O–H groups in total. The molecule has 1 aromatic carbocycles. The number of aromatic amines is 1. The van der Waals surface area contributed by atoms with Crippen LogP contribution in [0.1, 0.15) is 29.9 Å². The third-order valence-electron chi connectivity index (χ3n) is 4.31. The minimum absolute atomic E-state index is 0.0629. The van der Waals surface area contributed by atoms with Crippen LogP contribution in [0.3, 0.4) is 0 Å². The molecule has 0 bridgehead atoms. The van der Waals surface area contributed by atoms with Crippen LogP contribution in [0.25, 0.3) is 10.9 Å². The summed E-state index contributed by atoms with van der Waals surface area (Å²) in [5, 5.41) is 4.52. The molecule has 0 aliphatic heterocycles. The van der Waals surface area contributed by atoms with E-state index in [0.717, 1.165) is 18.5 Å². The molecule has 0 aliphatic carbocycles. The van der Waals surface area contributed by atoms with Gasteiger partial charge in [0.05, 0.1) is 0 Å². The normalized spacial score (nSPS) is 10.8. The van der Waals surface area contributed by atoms with Gasteiger partial charge < -0.3 is 15.2 Å². The Morgan fingerprint density at radius 1 is 1.20 bits per heavy atom. The maximum absolute atomic E-state index is 12.4. The average Bonchev–Trinajstić information content (AvgIpc) is 3.06. The van der Waals surface area contributed by atoms with Crippen LogP contribution in [-0.4, -0.2) is 45.4 Å². The van der Waals surface area contributed by atoms with Gasteiger partial charge in [-0.15, -0.1) is 0 Å². The standard InChI is InChI=1S/C19H23N5O/c1-3-24(4-2)19(25)17-11-18(23-13-22-17)20-10-9-14-12-21-16-8-6-5-7-15(14)16/h5-8,11-13,21H,3-4,9-10H2,1-2H3,(H,20,22,23). The van der Waals surface area contributed by atoms with Gasteiger partial charge in [0.15, 0.2) is 0 Å². The lowest BCUT2D eigenvalue weighted by Gasteiger charge is -2.18. The lowest BCUT2D eigenvalue weighted by molar-refractivity contribution is 0.0767. The Balaban J connectivity index is 1.64. The molecule has 0 radical (unpaired) electrons. The molecular formula is C19H23N5O. The van der Waals surface area contributed by atoms with Crippen LogP contribution in [0, 0.1) is 0 Å². The van der Waals surface area contributed by atoms with Gasteiger partial charge in [0.25, 0.3) is 5.91 Å². The first-order valence-electron chi connectivity index (χ1n) is 8.63. The number of para-hydroxylation sites is 1. The van der Waals surface area contributed by atoms with Crippen molar-refractivity contribution in [2.75, 3.05) is 25.0 Å². The number of hydrogen-bond donors (Lipinski definition) is 2. The Bertz CT molecular complexity index is 854. The van der Waals surface area contributed by atoms with Gasteiger partial charge in [-0.1, -0.05) is 18.2 Å². The topological polar surface area (TPSA) is 73.9 Å². The van der Waals surface area contributed by atoms with E-state index in [-0.39, 0.29) is 5.91 Å². The van der Waals surface area contributed by atoms with Crippen molar-refractivity contribution < 1.29 is 4.79 Å². The highest BCUT2D eigenvalue weighted by Gasteiger charge is 2.14.